The number of nitrogens with one attached hydrogen (secondary N) is 2. The summed E-state index contributed by atoms with van der Waals surface area (Å²) < 4.78 is 0. The van der Waals surface area contributed by atoms with Crippen molar-refractivity contribution in [1.29, 1.82) is 0 Å². The molecule has 158 valence electrons. The van der Waals surface area contributed by atoms with Gasteiger partial charge in [0, 0.05) is 11.4 Å². The first-order valence-corrected chi connectivity index (χ1v) is 10.1. The fourth-order valence-electron chi connectivity index (χ4n) is 3.42. The van der Waals surface area contributed by atoms with Crippen molar-refractivity contribution in [2.24, 2.45) is 5.73 Å². The van der Waals surface area contributed by atoms with E-state index in [2.05, 4.69) is 15.5 Å². The van der Waals surface area contributed by atoms with E-state index in [9.17, 15) is 9.59 Å². The molecule has 1 atom stereocenters. The van der Waals surface area contributed by atoms with E-state index in [-0.39, 0.29) is 24.2 Å². The van der Waals surface area contributed by atoms with Crippen LogP contribution >= 0.6 is 12.4 Å². The first-order valence-electron chi connectivity index (χ1n) is 10.1. The van der Waals surface area contributed by atoms with Crippen LogP contribution in [0.25, 0.3) is 0 Å². The van der Waals surface area contributed by atoms with Crippen LogP contribution in [0.3, 0.4) is 0 Å². The summed E-state index contributed by atoms with van der Waals surface area (Å²) in [5, 5.41) is 5.78. The number of benzene rings is 1. The second-order valence-electron chi connectivity index (χ2n) is 7.79. The number of amides is 2. The van der Waals surface area contributed by atoms with Crippen LogP contribution < -0.4 is 16.4 Å². The third kappa shape index (κ3) is 8.17. The Morgan fingerprint density at radius 1 is 1.00 bits per heavy atom. The third-order valence-electron chi connectivity index (χ3n) is 5.03. The summed E-state index contributed by atoms with van der Waals surface area (Å²) in [4.78, 5) is 26.8. The smallest absolute Gasteiger partial charge is 0.244 e. The Morgan fingerprint density at radius 3 is 2.04 bits per heavy atom. The highest BCUT2D eigenvalue weighted by Crippen LogP contribution is 2.17. The molecule has 1 aromatic carbocycles. The van der Waals surface area contributed by atoms with Crippen molar-refractivity contribution in [1.82, 2.24) is 4.90 Å². The Kier molecular flexibility index (Phi) is 10.5. The average Bonchev–Trinajstić information content (AvgIpc) is 2.59. The minimum absolute atomic E-state index is 0. The lowest BCUT2D eigenvalue weighted by atomic mass is 9.96. The van der Waals surface area contributed by atoms with Crippen molar-refractivity contribution >= 4 is 35.6 Å². The van der Waals surface area contributed by atoms with Gasteiger partial charge in [0.15, 0.2) is 0 Å². The molecule has 0 saturated carbocycles. The minimum atomic E-state index is -0.881. The van der Waals surface area contributed by atoms with Crippen LogP contribution in [0.15, 0.2) is 24.3 Å². The maximum Gasteiger partial charge on any atom is 0.244 e. The molecule has 1 heterocycles. The van der Waals surface area contributed by atoms with Crippen molar-refractivity contribution in [3.63, 3.8) is 0 Å². The van der Waals surface area contributed by atoms with E-state index in [0.29, 0.717) is 18.7 Å². The zero-order chi connectivity index (χ0) is 19.7. The zero-order valence-electron chi connectivity index (χ0n) is 17.1. The lowest BCUT2D eigenvalue weighted by Gasteiger charge is -2.24. The van der Waals surface area contributed by atoms with Crippen molar-refractivity contribution in [3.05, 3.63) is 24.3 Å². The van der Waals surface area contributed by atoms with Crippen LogP contribution in [0.2, 0.25) is 0 Å². The summed E-state index contributed by atoms with van der Waals surface area (Å²) in [6.07, 6.45) is 7.63. The SMILES string of the molecule is CCCC(C)(N)C(=O)Nc1ccc(NC(=O)CN2CCCCCCC2)cc1.Cl. The van der Waals surface area contributed by atoms with Crippen LogP contribution in [0.1, 0.15) is 58.8 Å². The minimum Gasteiger partial charge on any atom is -0.325 e. The molecule has 0 bridgehead atoms. The lowest BCUT2D eigenvalue weighted by Crippen LogP contribution is -2.48. The Balaban J connectivity index is 0.00000392. The van der Waals surface area contributed by atoms with Crippen molar-refractivity contribution in [2.45, 2.75) is 64.3 Å². The first-order chi connectivity index (χ1) is 12.9. The van der Waals surface area contributed by atoms with Gasteiger partial charge in [-0.05, 0) is 63.5 Å². The maximum atomic E-state index is 12.3. The third-order valence-corrected chi connectivity index (χ3v) is 5.03. The van der Waals surface area contributed by atoms with E-state index >= 15 is 0 Å². The summed E-state index contributed by atoms with van der Waals surface area (Å²) in [5.74, 6) is -0.192. The standard InChI is InChI=1S/C21H34N4O2.ClH/c1-3-13-21(2,22)20(27)24-18-11-9-17(10-12-18)23-19(26)16-25-14-7-5-4-6-8-15-25;/h9-12H,3-8,13-16,22H2,1-2H3,(H,23,26)(H,24,27);1H. The molecule has 6 nitrogen and oxygen atoms in total. The number of rotatable bonds is 7. The van der Waals surface area contributed by atoms with E-state index in [4.69, 9.17) is 5.73 Å². The molecule has 1 aliphatic rings. The molecule has 7 heteroatoms. The maximum absolute atomic E-state index is 12.3. The highest BCUT2D eigenvalue weighted by molar-refractivity contribution is 5.98. The number of nitrogens with two attached hydrogens (primary N) is 1. The van der Waals surface area contributed by atoms with E-state index in [1.807, 2.05) is 6.92 Å². The van der Waals surface area contributed by atoms with Gasteiger partial charge in [-0.3, -0.25) is 14.5 Å². The number of nitrogens with zero attached hydrogens (tertiary/aromatic N) is 1. The second-order valence-corrected chi connectivity index (χ2v) is 7.79. The number of anilines is 2. The van der Waals surface area contributed by atoms with Gasteiger partial charge in [-0.15, -0.1) is 12.4 Å². The molecule has 1 aromatic rings. The normalized spacial score (nSPS) is 17.4. The van der Waals surface area contributed by atoms with E-state index in [0.717, 1.165) is 25.2 Å². The fourth-order valence-corrected chi connectivity index (χ4v) is 3.42. The highest BCUT2D eigenvalue weighted by Gasteiger charge is 2.27. The molecule has 0 spiro atoms. The molecule has 0 aliphatic carbocycles. The van der Waals surface area contributed by atoms with Crippen molar-refractivity contribution in [3.8, 4) is 0 Å². The molecule has 1 saturated heterocycles. The monoisotopic (exact) mass is 410 g/mol. The van der Waals surface area contributed by atoms with Gasteiger partial charge < -0.3 is 16.4 Å². The van der Waals surface area contributed by atoms with Crippen LogP contribution in [-0.4, -0.2) is 41.9 Å². The van der Waals surface area contributed by atoms with Crippen LogP contribution in [-0.2, 0) is 9.59 Å². The number of carbonyl (C=O) groups is 2. The summed E-state index contributed by atoms with van der Waals surface area (Å²) in [6.45, 7) is 6.16. The number of likely N-dealkylation sites (tertiary alicyclic amines) is 1. The lowest BCUT2D eigenvalue weighted by molar-refractivity contribution is -0.121. The van der Waals surface area contributed by atoms with Gasteiger partial charge in [0.05, 0.1) is 12.1 Å². The Bertz CT molecular complexity index is 611. The molecule has 2 amide bonds. The van der Waals surface area contributed by atoms with E-state index < -0.39 is 5.54 Å². The zero-order valence-corrected chi connectivity index (χ0v) is 17.9. The molecular weight excluding hydrogens is 376 g/mol. The van der Waals surface area contributed by atoms with Gasteiger partial charge in [0.1, 0.15) is 0 Å². The summed E-state index contributed by atoms with van der Waals surface area (Å²) in [6, 6.07) is 7.17. The fraction of sp³-hybridized carbons (Fsp3) is 0.619. The van der Waals surface area contributed by atoms with Gasteiger partial charge in [-0.1, -0.05) is 32.6 Å². The number of hydrogen-bond acceptors (Lipinski definition) is 4. The predicted molar refractivity (Wildman–Crippen MR) is 118 cm³/mol. The largest absolute Gasteiger partial charge is 0.325 e. The number of halogens is 1. The number of carbonyl (C=O) groups excluding carboxylic acids is 2. The molecule has 1 unspecified atom stereocenters. The van der Waals surface area contributed by atoms with E-state index in [1.165, 1.54) is 32.1 Å². The molecule has 1 aliphatic heterocycles. The van der Waals surface area contributed by atoms with Crippen molar-refractivity contribution < 1.29 is 9.59 Å². The van der Waals surface area contributed by atoms with Gasteiger partial charge >= 0.3 is 0 Å². The molecule has 4 N–H and O–H groups in total. The summed E-state index contributed by atoms with van der Waals surface area (Å²) in [5.41, 5.74) is 6.58. The van der Waals surface area contributed by atoms with Gasteiger partial charge in [0.25, 0.3) is 0 Å². The molecule has 28 heavy (non-hydrogen) atoms. The van der Waals surface area contributed by atoms with Crippen LogP contribution in [0.5, 0.6) is 0 Å². The first kappa shape index (κ1) is 24.4. The molecule has 1 fully saturated rings. The Morgan fingerprint density at radius 2 is 1.50 bits per heavy atom. The summed E-state index contributed by atoms with van der Waals surface area (Å²) in [7, 11) is 0. The van der Waals surface area contributed by atoms with Crippen LogP contribution in [0.4, 0.5) is 11.4 Å². The van der Waals surface area contributed by atoms with E-state index in [1.54, 1.807) is 31.2 Å². The second kappa shape index (κ2) is 12.0. The van der Waals surface area contributed by atoms with Crippen LogP contribution in [0, 0.1) is 0 Å². The molecular formula is C21H35ClN4O2. The van der Waals surface area contributed by atoms with Gasteiger partial charge in [-0.2, -0.15) is 0 Å². The molecule has 0 aromatic heterocycles. The summed E-state index contributed by atoms with van der Waals surface area (Å²) >= 11 is 0. The Hall–Kier alpha value is -1.63. The van der Waals surface area contributed by atoms with Gasteiger partial charge in [-0.25, -0.2) is 0 Å². The number of hydrogen-bond donors (Lipinski definition) is 3. The quantitative estimate of drug-likeness (QED) is 0.638. The Labute approximate surface area is 175 Å². The topological polar surface area (TPSA) is 87.5 Å². The van der Waals surface area contributed by atoms with Gasteiger partial charge in [0.2, 0.25) is 11.8 Å². The molecule has 0 radical (unpaired) electrons. The predicted octanol–water partition coefficient (Wildman–Crippen LogP) is 3.77. The molecule has 2 rings (SSSR count). The highest BCUT2D eigenvalue weighted by atomic mass is 35.5. The van der Waals surface area contributed by atoms with Crippen molar-refractivity contribution in [2.75, 3.05) is 30.3 Å². The average molecular weight is 411 g/mol.